The molecule has 0 fully saturated rings. The Morgan fingerprint density at radius 3 is 2.65 bits per heavy atom. The van der Waals surface area contributed by atoms with E-state index in [4.69, 9.17) is 19.9 Å². The van der Waals surface area contributed by atoms with E-state index in [9.17, 15) is 0 Å². The van der Waals surface area contributed by atoms with E-state index >= 15 is 0 Å². The van der Waals surface area contributed by atoms with E-state index in [0.717, 1.165) is 17.7 Å². The van der Waals surface area contributed by atoms with E-state index in [1.54, 1.807) is 7.11 Å². The van der Waals surface area contributed by atoms with Gasteiger partial charge in [0.1, 0.15) is 0 Å². The number of benzene rings is 1. The Labute approximate surface area is 103 Å². The predicted molar refractivity (Wildman–Crippen MR) is 67.8 cm³/mol. The van der Waals surface area contributed by atoms with Crippen LogP contribution < -0.4 is 5.73 Å². The monoisotopic (exact) mass is 239 g/mol. The van der Waals surface area contributed by atoms with Crippen LogP contribution in [0, 0.1) is 0 Å². The summed E-state index contributed by atoms with van der Waals surface area (Å²) in [5.41, 5.74) is 7.54. The first-order chi connectivity index (χ1) is 8.33. The standard InChI is InChI=1S/C13H21NO3/c1-15-8-9-16-6-3-7-17-11-12-4-2-5-13(14)10-12/h2,4-5,10H,3,6-9,11,14H2,1H3. The van der Waals surface area contributed by atoms with Gasteiger partial charge in [-0.2, -0.15) is 0 Å². The first-order valence-electron chi connectivity index (χ1n) is 5.82. The molecule has 1 aromatic carbocycles. The molecule has 0 aromatic heterocycles. The molecule has 0 amide bonds. The van der Waals surface area contributed by atoms with E-state index in [1.165, 1.54) is 0 Å². The lowest BCUT2D eigenvalue weighted by atomic mass is 10.2. The van der Waals surface area contributed by atoms with Crippen LogP contribution in [0.4, 0.5) is 5.69 Å². The molecule has 0 aliphatic carbocycles. The molecule has 0 saturated heterocycles. The SMILES string of the molecule is COCCOCCCOCc1cccc(N)c1. The van der Waals surface area contributed by atoms with Gasteiger partial charge in [-0.15, -0.1) is 0 Å². The Balaban J connectivity index is 1.97. The number of hydrogen-bond donors (Lipinski definition) is 1. The number of nitrogens with two attached hydrogens (primary N) is 1. The quantitative estimate of drug-likeness (QED) is 0.527. The van der Waals surface area contributed by atoms with Crippen LogP contribution in [0.2, 0.25) is 0 Å². The molecular weight excluding hydrogens is 218 g/mol. The van der Waals surface area contributed by atoms with Crippen LogP contribution in [0.15, 0.2) is 24.3 Å². The molecule has 0 bridgehead atoms. The van der Waals surface area contributed by atoms with Crippen molar-refractivity contribution in [1.29, 1.82) is 0 Å². The third kappa shape index (κ3) is 6.94. The molecule has 1 aromatic rings. The lowest BCUT2D eigenvalue weighted by molar-refractivity contribution is 0.0483. The van der Waals surface area contributed by atoms with Crippen molar-refractivity contribution in [3.63, 3.8) is 0 Å². The molecule has 4 heteroatoms. The minimum absolute atomic E-state index is 0.600. The first kappa shape index (κ1) is 14.0. The summed E-state index contributed by atoms with van der Waals surface area (Å²) >= 11 is 0. The molecule has 0 aliphatic rings. The topological polar surface area (TPSA) is 53.7 Å². The maximum atomic E-state index is 5.67. The van der Waals surface area contributed by atoms with Crippen molar-refractivity contribution < 1.29 is 14.2 Å². The van der Waals surface area contributed by atoms with Gasteiger partial charge in [-0.05, 0) is 24.1 Å². The molecule has 96 valence electrons. The van der Waals surface area contributed by atoms with Crippen LogP contribution in [0.5, 0.6) is 0 Å². The van der Waals surface area contributed by atoms with E-state index in [0.29, 0.717) is 33.0 Å². The van der Waals surface area contributed by atoms with Crippen molar-refractivity contribution in [3.05, 3.63) is 29.8 Å². The highest BCUT2D eigenvalue weighted by atomic mass is 16.5. The van der Waals surface area contributed by atoms with Crippen LogP contribution in [0.3, 0.4) is 0 Å². The molecule has 17 heavy (non-hydrogen) atoms. The highest BCUT2D eigenvalue weighted by Gasteiger charge is 1.94. The van der Waals surface area contributed by atoms with Crippen molar-refractivity contribution >= 4 is 5.69 Å². The van der Waals surface area contributed by atoms with Gasteiger partial charge in [0.15, 0.2) is 0 Å². The average Bonchev–Trinajstić information content (AvgIpc) is 2.33. The fourth-order valence-corrected chi connectivity index (χ4v) is 1.38. The molecule has 0 aliphatic heterocycles. The number of nitrogen functional groups attached to an aromatic ring is 1. The molecule has 2 N–H and O–H groups in total. The highest BCUT2D eigenvalue weighted by Crippen LogP contribution is 2.07. The number of rotatable bonds is 9. The smallest absolute Gasteiger partial charge is 0.0717 e. The van der Waals surface area contributed by atoms with Gasteiger partial charge >= 0.3 is 0 Å². The molecule has 1 rings (SSSR count). The molecule has 0 heterocycles. The second-order valence-electron chi connectivity index (χ2n) is 3.76. The van der Waals surface area contributed by atoms with Gasteiger partial charge in [-0.3, -0.25) is 0 Å². The second-order valence-corrected chi connectivity index (χ2v) is 3.76. The Morgan fingerprint density at radius 1 is 1.06 bits per heavy atom. The summed E-state index contributed by atoms with van der Waals surface area (Å²) in [5, 5.41) is 0. The first-order valence-corrected chi connectivity index (χ1v) is 5.82. The number of ether oxygens (including phenoxy) is 3. The minimum Gasteiger partial charge on any atom is -0.399 e. The van der Waals surface area contributed by atoms with E-state index in [2.05, 4.69) is 0 Å². The molecule has 4 nitrogen and oxygen atoms in total. The molecule has 0 saturated carbocycles. The zero-order valence-corrected chi connectivity index (χ0v) is 10.4. The van der Waals surface area contributed by atoms with Crippen LogP contribution in [-0.4, -0.2) is 33.5 Å². The number of methoxy groups -OCH3 is 1. The summed E-state index contributed by atoms with van der Waals surface area (Å²) in [6.45, 7) is 3.29. The van der Waals surface area contributed by atoms with Crippen LogP contribution >= 0.6 is 0 Å². The zero-order chi connectivity index (χ0) is 12.3. The molecular formula is C13H21NO3. The minimum atomic E-state index is 0.600. The summed E-state index contributed by atoms with van der Waals surface area (Å²) in [4.78, 5) is 0. The number of hydrogen-bond acceptors (Lipinski definition) is 4. The van der Waals surface area contributed by atoms with Gasteiger partial charge in [-0.25, -0.2) is 0 Å². The van der Waals surface area contributed by atoms with E-state index in [1.807, 2.05) is 24.3 Å². The second kappa shape index (κ2) is 8.98. The molecule has 0 atom stereocenters. The molecule has 0 radical (unpaired) electrons. The van der Waals surface area contributed by atoms with Crippen LogP contribution in [0.1, 0.15) is 12.0 Å². The molecule has 0 unspecified atom stereocenters. The summed E-state index contributed by atoms with van der Waals surface area (Å²) in [5.74, 6) is 0. The van der Waals surface area contributed by atoms with Gasteiger partial charge in [0.25, 0.3) is 0 Å². The fraction of sp³-hybridized carbons (Fsp3) is 0.538. The normalized spacial score (nSPS) is 10.6. The van der Waals surface area contributed by atoms with Crippen molar-refractivity contribution in [2.24, 2.45) is 0 Å². The van der Waals surface area contributed by atoms with Gasteiger partial charge in [0.05, 0.1) is 19.8 Å². The summed E-state index contributed by atoms with van der Waals surface area (Å²) in [6, 6.07) is 7.73. The van der Waals surface area contributed by atoms with E-state index in [-0.39, 0.29) is 0 Å². The van der Waals surface area contributed by atoms with Crippen LogP contribution in [0.25, 0.3) is 0 Å². The maximum Gasteiger partial charge on any atom is 0.0717 e. The Kier molecular flexibility index (Phi) is 7.38. The van der Waals surface area contributed by atoms with Gasteiger partial charge in [0.2, 0.25) is 0 Å². The van der Waals surface area contributed by atoms with Gasteiger partial charge in [-0.1, -0.05) is 12.1 Å². The largest absolute Gasteiger partial charge is 0.399 e. The zero-order valence-electron chi connectivity index (χ0n) is 10.4. The third-order valence-corrected chi connectivity index (χ3v) is 2.23. The summed E-state index contributed by atoms with van der Waals surface area (Å²) < 4.78 is 15.7. The lowest BCUT2D eigenvalue weighted by Gasteiger charge is -2.06. The predicted octanol–water partition coefficient (Wildman–Crippen LogP) is 1.84. The van der Waals surface area contributed by atoms with Crippen LogP contribution in [-0.2, 0) is 20.8 Å². The summed E-state index contributed by atoms with van der Waals surface area (Å²) in [6.07, 6.45) is 0.895. The van der Waals surface area contributed by atoms with Gasteiger partial charge in [0, 0.05) is 26.0 Å². The summed E-state index contributed by atoms with van der Waals surface area (Å²) in [7, 11) is 1.66. The van der Waals surface area contributed by atoms with E-state index < -0.39 is 0 Å². The van der Waals surface area contributed by atoms with Crippen molar-refractivity contribution in [2.75, 3.05) is 39.3 Å². The fourth-order valence-electron chi connectivity index (χ4n) is 1.38. The highest BCUT2D eigenvalue weighted by molar-refractivity contribution is 5.40. The van der Waals surface area contributed by atoms with Crippen molar-refractivity contribution in [1.82, 2.24) is 0 Å². The van der Waals surface area contributed by atoms with Gasteiger partial charge < -0.3 is 19.9 Å². The Hall–Kier alpha value is -1.10. The average molecular weight is 239 g/mol. The Morgan fingerprint density at radius 2 is 1.88 bits per heavy atom. The number of anilines is 1. The maximum absolute atomic E-state index is 5.67. The van der Waals surface area contributed by atoms with Crippen molar-refractivity contribution in [3.8, 4) is 0 Å². The Bertz CT molecular complexity index is 304. The third-order valence-electron chi connectivity index (χ3n) is 2.23. The molecule has 0 spiro atoms. The van der Waals surface area contributed by atoms with Crippen molar-refractivity contribution in [2.45, 2.75) is 13.0 Å². The lowest BCUT2D eigenvalue weighted by Crippen LogP contribution is -2.05.